The van der Waals surface area contributed by atoms with E-state index in [0.717, 1.165) is 0 Å². The summed E-state index contributed by atoms with van der Waals surface area (Å²) in [5, 5.41) is 33.4. The molecular formula is C19H21B3N6O5. The van der Waals surface area contributed by atoms with Crippen LogP contribution in [0.2, 0.25) is 0 Å². The van der Waals surface area contributed by atoms with Crippen molar-refractivity contribution >= 4 is 52.6 Å². The Bertz CT molecular complexity index is 1130. The smallest absolute Gasteiger partial charge is 0.307 e. The van der Waals surface area contributed by atoms with Gasteiger partial charge in [0.2, 0.25) is 5.60 Å². The molecule has 0 aromatic carbocycles. The molecule has 2 aromatic heterocycles. The molecule has 14 heteroatoms. The van der Waals surface area contributed by atoms with Crippen LogP contribution in [0.25, 0.3) is 5.52 Å². The van der Waals surface area contributed by atoms with Gasteiger partial charge in [0.15, 0.2) is 5.82 Å². The third-order valence-corrected chi connectivity index (χ3v) is 5.08. The summed E-state index contributed by atoms with van der Waals surface area (Å²) in [6.45, 7) is 3.12. The number of carbonyl (C=O) groups is 1. The van der Waals surface area contributed by atoms with Crippen molar-refractivity contribution in [2.45, 2.75) is 43.2 Å². The van der Waals surface area contributed by atoms with Gasteiger partial charge in [0.05, 0.1) is 23.4 Å². The van der Waals surface area contributed by atoms with E-state index < -0.39 is 41.2 Å². The van der Waals surface area contributed by atoms with Crippen molar-refractivity contribution in [3.63, 3.8) is 0 Å². The summed E-state index contributed by atoms with van der Waals surface area (Å²) in [5.74, 6) is -1.14. The van der Waals surface area contributed by atoms with Gasteiger partial charge in [-0.3, -0.25) is 4.79 Å². The van der Waals surface area contributed by atoms with Gasteiger partial charge in [-0.05, 0) is 6.07 Å². The van der Waals surface area contributed by atoms with E-state index in [1.807, 2.05) is 6.07 Å². The zero-order valence-electron chi connectivity index (χ0n) is 18.6. The lowest BCUT2D eigenvalue weighted by Crippen LogP contribution is -2.53. The lowest BCUT2D eigenvalue weighted by atomic mass is 9.60. The Balaban J connectivity index is 2.11. The van der Waals surface area contributed by atoms with Gasteiger partial charge in [-0.15, -0.1) is 0 Å². The molecule has 2 N–H and O–H groups in total. The first-order chi connectivity index (χ1) is 15.4. The Morgan fingerprint density at radius 2 is 2.15 bits per heavy atom. The molecule has 0 amide bonds. The summed E-state index contributed by atoms with van der Waals surface area (Å²) in [6, 6.07) is 3.20. The minimum absolute atomic E-state index is 0.0266. The summed E-state index contributed by atoms with van der Waals surface area (Å²) in [6.07, 6.45) is -2.62. The Kier molecular flexibility index (Phi) is 6.61. The zero-order valence-corrected chi connectivity index (χ0v) is 18.6. The molecule has 0 spiro atoms. The molecule has 1 fully saturated rings. The maximum absolute atomic E-state index is 12.0. The second-order valence-electron chi connectivity index (χ2n) is 8.29. The minimum Gasteiger partial charge on any atom is -0.477 e. The van der Waals surface area contributed by atoms with Crippen molar-refractivity contribution in [1.29, 1.82) is 5.26 Å². The van der Waals surface area contributed by atoms with Crippen LogP contribution in [-0.4, -0.2) is 103 Å². The normalized spacial score (nSPS) is 25.6. The molecule has 1 unspecified atom stereocenters. The van der Waals surface area contributed by atoms with Gasteiger partial charge >= 0.3 is 5.97 Å². The van der Waals surface area contributed by atoms with Crippen LogP contribution in [0.4, 0.5) is 5.82 Å². The van der Waals surface area contributed by atoms with Crippen LogP contribution in [0.3, 0.4) is 0 Å². The number of fused-ring (bicyclic) bond motifs is 1. The average Bonchev–Trinajstić information content (AvgIpc) is 3.22. The van der Waals surface area contributed by atoms with Gasteiger partial charge in [-0.25, -0.2) is 14.5 Å². The quantitative estimate of drug-likeness (QED) is 0.218. The number of aliphatic imine (C=N–C) groups is 1. The van der Waals surface area contributed by atoms with E-state index in [2.05, 4.69) is 15.1 Å². The number of hydrogen-bond donors (Lipinski definition) is 2. The van der Waals surface area contributed by atoms with E-state index >= 15 is 0 Å². The van der Waals surface area contributed by atoms with E-state index in [9.17, 15) is 20.3 Å². The van der Waals surface area contributed by atoms with E-state index in [-0.39, 0.29) is 22.5 Å². The van der Waals surface area contributed by atoms with Crippen LogP contribution in [0.1, 0.15) is 19.5 Å². The second-order valence-corrected chi connectivity index (χ2v) is 8.29. The lowest BCUT2D eigenvalue weighted by Gasteiger charge is -2.35. The zero-order chi connectivity index (χ0) is 24.7. The van der Waals surface area contributed by atoms with Crippen molar-refractivity contribution in [3.05, 3.63) is 18.1 Å². The fraction of sp³-hybridized carbons (Fsp3) is 0.526. The van der Waals surface area contributed by atoms with E-state index in [1.54, 1.807) is 32.8 Å². The number of aliphatic hydroxyl groups is 2. The number of nitrogens with zero attached hydrogens (tertiary/aromatic N) is 6. The van der Waals surface area contributed by atoms with Crippen LogP contribution in [0, 0.1) is 17.2 Å². The van der Waals surface area contributed by atoms with E-state index in [4.69, 9.17) is 33.0 Å². The van der Waals surface area contributed by atoms with Crippen molar-refractivity contribution in [2.24, 2.45) is 10.9 Å². The molecule has 1 aliphatic rings. The topological polar surface area (TPSA) is 146 Å². The summed E-state index contributed by atoms with van der Waals surface area (Å²) in [7, 11) is 21.5. The molecule has 3 heterocycles. The molecule has 4 atom stereocenters. The van der Waals surface area contributed by atoms with Gasteiger partial charge in [0.25, 0.3) is 0 Å². The van der Waals surface area contributed by atoms with Crippen molar-refractivity contribution in [3.8, 4) is 6.07 Å². The van der Waals surface area contributed by atoms with Crippen LogP contribution >= 0.6 is 0 Å². The van der Waals surface area contributed by atoms with E-state index in [0.29, 0.717) is 0 Å². The van der Waals surface area contributed by atoms with Crippen LogP contribution < -0.4 is 5.46 Å². The Morgan fingerprint density at radius 1 is 1.48 bits per heavy atom. The molecule has 33 heavy (non-hydrogen) atoms. The number of carbonyl (C=O) groups excluding carboxylic acids is 1. The number of esters is 1. The predicted molar refractivity (Wildman–Crippen MR) is 120 cm³/mol. The first-order valence-electron chi connectivity index (χ1n) is 9.94. The van der Waals surface area contributed by atoms with Crippen molar-refractivity contribution in [1.82, 2.24) is 19.5 Å². The molecule has 6 radical (unpaired) electrons. The van der Waals surface area contributed by atoms with Crippen LogP contribution in [0.15, 0.2) is 17.4 Å². The van der Waals surface area contributed by atoms with Crippen molar-refractivity contribution in [2.75, 3.05) is 14.1 Å². The second kappa shape index (κ2) is 8.81. The maximum atomic E-state index is 12.0. The molecule has 3 rings (SSSR count). The van der Waals surface area contributed by atoms with Gasteiger partial charge < -0.3 is 24.6 Å². The number of hydrogen-bond acceptors (Lipinski definition) is 9. The molecule has 1 aliphatic heterocycles. The van der Waals surface area contributed by atoms with Crippen LogP contribution in [0.5, 0.6) is 0 Å². The van der Waals surface area contributed by atoms with Gasteiger partial charge in [0, 0.05) is 14.1 Å². The SMILES string of the molecule is [B]c1cc([C@]2(C#N)OC(C([B])([B])OC(=O)C(C)C)[C@@H](O)[C@H]2O)n2ncnc(N=CN(C)C)c12. The lowest BCUT2D eigenvalue weighted by molar-refractivity contribution is -0.163. The standard InChI is InChI=1S/C19H21B3N6O5/c1-9(2)17(31)33-19(21,22)15-13(29)14(30)18(6-23,32-15)11-5-10(20)12-16(25-8-27(3)4)24-7-26-28(11)12/h5,7-9,13-15,29-30H,1-4H3/t13-,14+,15?,18-/m0/s1. The fourth-order valence-electron chi connectivity index (χ4n) is 3.40. The highest BCUT2D eigenvalue weighted by atomic mass is 16.6. The predicted octanol–water partition coefficient (Wildman–Crippen LogP) is -2.23. The first kappa shape index (κ1) is 24.8. The monoisotopic (exact) mass is 446 g/mol. The molecular weight excluding hydrogens is 425 g/mol. The third kappa shape index (κ3) is 4.24. The Morgan fingerprint density at radius 3 is 2.73 bits per heavy atom. The van der Waals surface area contributed by atoms with Gasteiger partial charge in [-0.1, -0.05) is 19.3 Å². The minimum atomic E-state index is -2.35. The number of aliphatic hydroxyl groups excluding tert-OH is 2. The molecule has 0 aliphatic carbocycles. The number of aromatic nitrogens is 3. The maximum Gasteiger partial charge on any atom is 0.307 e. The third-order valence-electron chi connectivity index (χ3n) is 5.08. The number of ether oxygens (including phenoxy) is 2. The summed E-state index contributed by atoms with van der Waals surface area (Å²) in [4.78, 5) is 22.0. The highest BCUT2D eigenvalue weighted by Gasteiger charge is 2.61. The number of rotatable bonds is 6. The Labute approximate surface area is 194 Å². The summed E-state index contributed by atoms with van der Waals surface area (Å²) >= 11 is 0. The van der Waals surface area contributed by atoms with Crippen molar-refractivity contribution < 1.29 is 24.5 Å². The molecule has 0 bridgehead atoms. The number of nitriles is 1. The highest BCUT2D eigenvalue weighted by Crippen LogP contribution is 2.43. The molecule has 2 aromatic rings. The highest BCUT2D eigenvalue weighted by molar-refractivity contribution is 6.40. The van der Waals surface area contributed by atoms with Crippen LogP contribution in [-0.2, 0) is 19.9 Å². The molecule has 166 valence electrons. The summed E-state index contributed by atoms with van der Waals surface area (Å²) < 4.78 is 12.0. The molecule has 1 saturated heterocycles. The van der Waals surface area contributed by atoms with E-state index in [1.165, 1.54) is 23.2 Å². The largest absolute Gasteiger partial charge is 0.477 e. The summed E-state index contributed by atoms with van der Waals surface area (Å²) in [5.41, 5.74) is -1.86. The first-order valence-corrected chi connectivity index (χ1v) is 9.94. The average molecular weight is 446 g/mol. The molecule has 0 saturated carbocycles. The van der Waals surface area contributed by atoms with Gasteiger partial charge in [-0.2, -0.15) is 10.4 Å². The van der Waals surface area contributed by atoms with Gasteiger partial charge in [0.1, 0.15) is 59.8 Å². The molecule has 11 nitrogen and oxygen atoms in total. The Hall–Kier alpha value is -2.88. The fourth-order valence-corrected chi connectivity index (χ4v) is 3.40.